The molecule has 0 atom stereocenters. The Morgan fingerprint density at radius 1 is 1.32 bits per heavy atom. The average Bonchev–Trinajstić information content (AvgIpc) is 2.27. The van der Waals surface area contributed by atoms with Crippen LogP contribution in [-0.2, 0) is 0 Å². The molecule has 0 saturated heterocycles. The Balaban J connectivity index is 0.00000180. The van der Waals surface area contributed by atoms with Crippen LogP contribution in [0.25, 0.3) is 11.0 Å². The minimum absolute atomic E-state index is 0. The normalized spacial score (nSPS) is 10.5. The standard InChI is InChI=1S/C13H15NO4.Na/c1-14(2)5-6-17-9-3-4-10-11(15)8-13(16)18-12(10)7-9;/h3-4,7-8,15H,5-6H2,1-2H3;/q;+1/p-1. The first-order chi connectivity index (χ1) is 8.56. The first-order valence-corrected chi connectivity index (χ1v) is 5.59. The minimum atomic E-state index is -0.641. The predicted molar refractivity (Wildman–Crippen MR) is 66.0 cm³/mol. The van der Waals surface area contributed by atoms with E-state index in [0.29, 0.717) is 17.7 Å². The van der Waals surface area contributed by atoms with Gasteiger partial charge in [-0.2, -0.15) is 0 Å². The third-order valence-corrected chi connectivity index (χ3v) is 2.49. The summed E-state index contributed by atoms with van der Waals surface area (Å²) < 4.78 is 10.5. The summed E-state index contributed by atoms with van der Waals surface area (Å²) in [5.41, 5.74) is -0.382. The van der Waals surface area contributed by atoms with E-state index in [4.69, 9.17) is 9.15 Å². The van der Waals surface area contributed by atoms with E-state index in [0.717, 1.165) is 12.6 Å². The van der Waals surface area contributed by atoms with E-state index < -0.39 is 5.63 Å². The Morgan fingerprint density at radius 3 is 2.74 bits per heavy atom. The molecule has 1 heterocycles. The minimum Gasteiger partial charge on any atom is -0.872 e. The molecule has 5 nitrogen and oxygen atoms in total. The number of nitrogens with zero attached hydrogens (tertiary/aromatic N) is 1. The summed E-state index contributed by atoms with van der Waals surface area (Å²) in [7, 11) is 3.90. The Hall–Kier alpha value is -1.01. The number of ether oxygens (including phenoxy) is 1. The van der Waals surface area contributed by atoms with Gasteiger partial charge in [0.25, 0.3) is 0 Å². The first kappa shape index (κ1) is 16.0. The van der Waals surface area contributed by atoms with Crippen LogP contribution in [0.2, 0.25) is 0 Å². The second-order valence-corrected chi connectivity index (χ2v) is 4.24. The van der Waals surface area contributed by atoms with Gasteiger partial charge in [0.1, 0.15) is 17.9 Å². The molecule has 0 radical (unpaired) electrons. The van der Waals surface area contributed by atoms with Crippen molar-refractivity contribution >= 4 is 11.0 Å². The van der Waals surface area contributed by atoms with Crippen LogP contribution in [0.15, 0.2) is 33.5 Å². The maximum atomic E-state index is 11.5. The summed E-state index contributed by atoms with van der Waals surface area (Å²) in [6.07, 6.45) is 0. The molecule has 0 saturated carbocycles. The number of hydrogen-bond acceptors (Lipinski definition) is 5. The molecular formula is C13H14NNaO4. The first-order valence-electron chi connectivity index (χ1n) is 5.59. The van der Waals surface area contributed by atoms with E-state index in [1.807, 2.05) is 19.0 Å². The molecule has 0 spiro atoms. The van der Waals surface area contributed by atoms with Gasteiger partial charge in [-0.1, -0.05) is 5.75 Å². The van der Waals surface area contributed by atoms with Gasteiger partial charge in [0, 0.05) is 24.1 Å². The molecule has 19 heavy (non-hydrogen) atoms. The van der Waals surface area contributed by atoms with Gasteiger partial charge in [0.15, 0.2) is 0 Å². The van der Waals surface area contributed by atoms with Crippen LogP contribution in [0.4, 0.5) is 0 Å². The summed E-state index contributed by atoms with van der Waals surface area (Å²) >= 11 is 0. The molecule has 0 aliphatic carbocycles. The molecule has 1 aromatic heterocycles. The van der Waals surface area contributed by atoms with E-state index in [-0.39, 0.29) is 40.9 Å². The fourth-order valence-electron chi connectivity index (χ4n) is 1.55. The van der Waals surface area contributed by atoms with Gasteiger partial charge in [-0.15, -0.1) is 0 Å². The molecule has 1 aromatic carbocycles. The number of hydrogen-bond donors (Lipinski definition) is 0. The van der Waals surface area contributed by atoms with E-state index in [2.05, 4.69) is 0 Å². The smallest absolute Gasteiger partial charge is 0.872 e. The van der Waals surface area contributed by atoms with Crippen LogP contribution in [-0.4, -0.2) is 32.1 Å². The van der Waals surface area contributed by atoms with Crippen molar-refractivity contribution in [3.63, 3.8) is 0 Å². The van der Waals surface area contributed by atoms with Gasteiger partial charge in [0.2, 0.25) is 0 Å². The second-order valence-electron chi connectivity index (χ2n) is 4.24. The van der Waals surface area contributed by atoms with Crippen molar-refractivity contribution in [2.24, 2.45) is 0 Å². The summed E-state index contributed by atoms with van der Waals surface area (Å²) in [4.78, 5) is 13.1. The number of benzene rings is 1. The molecule has 2 rings (SSSR count). The zero-order valence-corrected chi connectivity index (χ0v) is 13.3. The number of likely N-dealkylation sites (N-methyl/N-ethyl adjacent to an activating group) is 1. The maximum absolute atomic E-state index is 11.5. The monoisotopic (exact) mass is 271 g/mol. The molecule has 0 aliphatic rings. The molecular weight excluding hydrogens is 257 g/mol. The topological polar surface area (TPSA) is 65.7 Å². The third kappa shape index (κ3) is 4.24. The quantitative estimate of drug-likeness (QED) is 0.467. The molecule has 0 aliphatic heterocycles. The van der Waals surface area contributed by atoms with Crippen molar-refractivity contribution in [2.45, 2.75) is 0 Å². The van der Waals surface area contributed by atoms with Gasteiger partial charge in [-0.3, -0.25) is 0 Å². The van der Waals surface area contributed by atoms with Crippen LogP contribution in [0.1, 0.15) is 0 Å². The van der Waals surface area contributed by atoms with Crippen molar-refractivity contribution in [3.8, 4) is 11.5 Å². The van der Waals surface area contributed by atoms with Crippen molar-refractivity contribution in [2.75, 3.05) is 27.2 Å². The molecule has 6 heteroatoms. The van der Waals surface area contributed by atoms with Crippen LogP contribution in [0.5, 0.6) is 11.5 Å². The number of fused-ring (bicyclic) bond motifs is 1. The largest absolute Gasteiger partial charge is 1.00 e. The van der Waals surface area contributed by atoms with Crippen molar-refractivity contribution in [1.82, 2.24) is 4.90 Å². The maximum Gasteiger partial charge on any atom is 1.00 e. The van der Waals surface area contributed by atoms with Gasteiger partial charge in [-0.25, -0.2) is 4.79 Å². The summed E-state index contributed by atoms with van der Waals surface area (Å²) in [5, 5.41) is 11.9. The Kier molecular flexibility index (Phi) is 5.87. The van der Waals surface area contributed by atoms with Crippen molar-refractivity contribution < 1.29 is 43.8 Å². The molecule has 0 amide bonds. The van der Waals surface area contributed by atoms with Crippen LogP contribution in [0.3, 0.4) is 0 Å². The van der Waals surface area contributed by atoms with Gasteiger partial charge in [-0.05, 0) is 26.2 Å². The summed E-state index contributed by atoms with van der Waals surface area (Å²) in [6, 6.07) is 5.80. The zero-order valence-electron chi connectivity index (χ0n) is 11.3. The van der Waals surface area contributed by atoms with E-state index in [1.54, 1.807) is 18.2 Å². The zero-order chi connectivity index (χ0) is 13.1. The number of rotatable bonds is 4. The molecule has 0 unspecified atom stereocenters. The fourth-order valence-corrected chi connectivity index (χ4v) is 1.55. The summed E-state index contributed by atoms with van der Waals surface area (Å²) in [6.45, 7) is 1.31. The molecule has 0 fully saturated rings. The van der Waals surface area contributed by atoms with Crippen LogP contribution < -0.4 is 45.0 Å². The Labute approximate surface area is 133 Å². The van der Waals surface area contributed by atoms with Crippen molar-refractivity contribution in [1.29, 1.82) is 0 Å². The molecule has 0 N–H and O–H groups in total. The van der Waals surface area contributed by atoms with Crippen molar-refractivity contribution in [3.05, 3.63) is 34.7 Å². The fraction of sp³-hybridized carbons (Fsp3) is 0.308. The van der Waals surface area contributed by atoms with E-state index in [9.17, 15) is 9.90 Å². The van der Waals surface area contributed by atoms with Gasteiger partial charge < -0.3 is 19.2 Å². The predicted octanol–water partition coefficient (Wildman–Crippen LogP) is -2.19. The Morgan fingerprint density at radius 2 is 2.05 bits per heavy atom. The van der Waals surface area contributed by atoms with E-state index in [1.165, 1.54) is 0 Å². The molecule has 2 aromatic rings. The SMILES string of the molecule is CN(C)CCOc1ccc2c([O-])cc(=O)oc2c1.[Na+]. The third-order valence-electron chi connectivity index (χ3n) is 2.49. The van der Waals surface area contributed by atoms with Crippen LogP contribution in [0, 0.1) is 0 Å². The average molecular weight is 271 g/mol. The second kappa shape index (κ2) is 6.96. The van der Waals surface area contributed by atoms with Gasteiger partial charge >= 0.3 is 35.2 Å². The Bertz CT molecular complexity index is 609. The molecule has 0 bridgehead atoms. The summed E-state index contributed by atoms with van der Waals surface area (Å²) in [5.74, 6) is 0.249. The van der Waals surface area contributed by atoms with Gasteiger partial charge in [0.05, 0.1) is 0 Å². The van der Waals surface area contributed by atoms with E-state index >= 15 is 0 Å². The van der Waals surface area contributed by atoms with Crippen LogP contribution >= 0.6 is 0 Å². The molecule has 96 valence electrons.